The SMILES string of the molecule is [Be].[Li].[Nb].[Sn]. The third kappa shape index (κ3) is 8.85. The molecule has 0 fully saturated rings. The Balaban J connectivity index is 0. The molecule has 0 bridgehead atoms. The summed E-state index contributed by atoms with van der Waals surface area (Å²) >= 11 is 0. The summed E-state index contributed by atoms with van der Waals surface area (Å²) in [6, 6.07) is 0. The summed E-state index contributed by atoms with van der Waals surface area (Å²) in [4.78, 5) is 0. The van der Waals surface area contributed by atoms with Gasteiger partial charge in [-0.2, -0.15) is 0 Å². The summed E-state index contributed by atoms with van der Waals surface area (Å²) in [6.07, 6.45) is 0. The molecule has 0 unspecified atom stereocenters. The van der Waals surface area contributed by atoms with Crippen molar-refractivity contribution in [3.63, 3.8) is 0 Å². The van der Waals surface area contributed by atoms with E-state index in [-0.39, 0.29) is 75.3 Å². The van der Waals surface area contributed by atoms with Crippen LogP contribution in [-0.2, 0) is 22.4 Å². The van der Waals surface area contributed by atoms with Crippen molar-refractivity contribution < 1.29 is 22.4 Å². The molecule has 8 radical (unpaired) electrons. The standard InChI is InChI=1S/Be.Li.Nb.Sn. The van der Waals surface area contributed by atoms with Crippen LogP contribution in [0.4, 0.5) is 0 Å². The van der Waals surface area contributed by atoms with Crippen molar-refractivity contribution in [2.75, 3.05) is 0 Å². The molecule has 0 spiro atoms. The Kier molecular flexibility index (Phi) is 154. The molecule has 4 heteroatoms. The van der Waals surface area contributed by atoms with Crippen molar-refractivity contribution >= 4 is 52.9 Å². The Labute approximate surface area is 74.3 Å². The molecular weight excluding hydrogens is 228 g/mol. The zero-order valence-corrected chi connectivity index (χ0v) is 7.71. The van der Waals surface area contributed by atoms with Gasteiger partial charge in [-0.15, -0.1) is 0 Å². The van der Waals surface area contributed by atoms with Gasteiger partial charge >= 0.3 is 0 Å². The van der Waals surface area contributed by atoms with E-state index in [2.05, 4.69) is 0 Å². The predicted octanol–water partition coefficient (Wildman–Crippen LogP) is -1.14. The molecule has 0 aliphatic rings. The zero-order chi connectivity index (χ0) is 0. The second-order valence-corrected chi connectivity index (χ2v) is 0. The van der Waals surface area contributed by atoms with E-state index < -0.39 is 0 Å². The first-order chi connectivity index (χ1) is 0. The first kappa shape index (κ1) is 33.4. The fourth-order valence-corrected chi connectivity index (χ4v) is 0. The van der Waals surface area contributed by atoms with Gasteiger partial charge < -0.3 is 0 Å². The van der Waals surface area contributed by atoms with Crippen LogP contribution in [0.15, 0.2) is 0 Å². The van der Waals surface area contributed by atoms with Gasteiger partial charge in [0.15, 0.2) is 0 Å². The van der Waals surface area contributed by atoms with Crippen LogP contribution in [0.2, 0.25) is 0 Å². The number of hydrogen-bond acceptors (Lipinski definition) is 0. The van der Waals surface area contributed by atoms with Crippen LogP contribution in [0.1, 0.15) is 0 Å². The van der Waals surface area contributed by atoms with Crippen LogP contribution in [0.25, 0.3) is 0 Å². The smallest absolute Gasteiger partial charge is 0 e. The summed E-state index contributed by atoms with van der Waals surface area (Å²) in [5, 5.41) is 0. The largest absolute Gasteiger partial charge is 0 e. The van der Waals surface area contributed by atoms with Crippen molar-refractivity contribution in [2.24, 2.45) is 0 Å². The summed E-state index contributed by atoms with van der Waals surface area (Å²) in [5.74, 6) is 0. The molecule has 0 amide bonds. The van der Waals surface area contributed by atoms with Gasteiger partial charge in [0.25, 0.3) is 0 Å². The number of hydrogen-bond donors (Lipinski definition) is 0. The average Bonchev–Trinajstić information content (AvgIpc) is 0. The maximum Gasteiger partial charge on any atom is 0 e. The molecule has 0 aromatic carbocycles. The van der Waals surface area contributed by atoms with Crippen molar-refractivity contribution in [1.29, 1.82) is 0 Å². The molecule has 0 aliphatic carbocycles. The van der Waals surface area contributed by atoms with Crippen LogP contribution in [0, 0.1) is 0 Å². The third-order valence-corrected chi connectivity index (χ3v) is 0. The summed E-state index contributed by atoms with van der Waals surface area (Å²) in [5.41, 5.74) is 0. The van der Waals surface area contributed by atoms with E-state index >= 15 is 0 Å². The fraction of sp³-hybridized carbons (Fsp3) is 0. The van der Waals surface area contributed by atoms with Crippen LogP contribution in [0.3, 0.4) is 0 Å². The molecule has 0 rings (SSSR count). The Morgan fingerprint density at radius 1 is 1.00 bits per heavy atom. The van der Waals surface area contributed by atoms with E-state index in [4.69, 9.17) is 0 Å². The molecule has 0 aromatic heterocycles. The van der Waals surface area contributed by atoms with Gasteiger partial charge in [0, 0.05) is 75.3 Å². The second kappa shape index (κ2) is 18.5. The minimum absolute atomic E-state index is 0. The summed E-state index contributed by atoms with van der Waals surface area (Å²) in [6.45, 7) is 0. The third-order valence-electron chi connectivity index (χ3n) is 0. The van der Waals surface area contributed by atoms with Crippen molar-refractivity contribution in [3.8, 4) is 0 Å². The second-order valence-electron chi connectivity index (χ2n) is 0. The molecule has 0 aliphatic heterocycles. The maximum absolute atomic E-state index is 0. The van der Waals surface area contributed by atoms with Gasteiger partial charge in [-0.25, -0.2) is 0 Å². The molecule has 0 aromatic rings. The summed E-state index contributed by atoms with van der Waals surface area (Å²) < 4.78 is 0. The molecule has 0 nitrogen and oxygen atoms in total. The Hall–Kier alpha value is 2.31. The van der Waals surface area contributed by atoms with Gasteiger partial charge in [-0.05, 0) is 0 Å². The van der Waals surface area contributed by atoms with Gasteiger partial charge in [0.2, 0.25) is 0 Å². The predicted molar refractivity (Wildman–Crippen MR) is 17.3 cm³/mol. The Morgan fingerprint density at radius 3 is 1.00 bits per heavy atom. The molecule has 0 N–H and O–H groups in total. The maximum atomic E-state index is 0. The van der Waals surface area contributed by atoms with E-state index in [9.17, 15) is 0 Å². The van der Waals surface area contributed by atoms with Crippen molar-refractivity contribution in [2.45, 2.75) is 0 Å². The average molecular weight is 228 g/mol. The first-order valence-electron chi connectivity index (χ1n) is 0. The van der Waals surface area contributed by atoms with Gasteiger partial charge in [-0.1, -0.05) is 0 Å². The molecule has 0 saturated heterocycles. The molecule has 0 atom stereocenters. The zero-order valence-electron chi connectivity index (χ0n) is 2.65. The Morgan fingerprint density at radius 2 is 1.00 bits per heavy atom. The minimum atomic E-state index is 0. The van der Waals surface area contributed by atoms with E-state index in [1.807, 2.05) is 0 Å². The van der Waals surface area contributed by atoms with E-state index in [0.29, 0.717) is 0 Å². The van der Waals surface area contributed by atoms with E-state index in [0.717, 1.165) is 0 Å². The topological polar surface area (TPSA) is 0 Å². The van der Waals surface area contributed by atoms with Crippen LogP contribution < -0.4 is 0 Å². The molecule has 4 heavy (non-hydrogen) atoms. The monoisotopic (exact) mass is 229 g/mol. The number of rotatable bonds is 0. The van der Waals surface area contributed by atoms with E-state index in [1.165, 1.54) is 0 Å². The fourth-order valence-electron chi connectivity index (χ4n) is 0. The minimum Gasteiger partial charge on any atom is 0 e. The molecule has 12 valence electrons. The molecule has 0 heterocycles. The van der Waals surface area contributed by atoms with Crippen molar-refractivity contribution in [1.82, 2.24) is 0 Å². The van der Waals surface area contributed by atoms with Gasteiger partial charge in [0.1, 0.15) is 0 Å². The van der Waals surface area contributed by atoms with Crippen LogP contribution >= 0.6 is 0 Å². The van der Waals surface area contributed by atoms with Crippen LogP contribution in [0.5, 0.6) is 0 Å². The van der Waals surface area contributed by atoms with Gasteiger partial charge in [0.05, 0.1) is 0 Å². The van der Waals surface area contributed by atoms with Crippen molar-refractivity contribution in [3.05, 3.63) is 0 Å². The first-order valence-corrected chi connectivity index (χ1v) is 0. The molecular formula is BeLiNbSn. The quantitative estimate of drug-likeness (QED) is 0.459. The normalized spacial score (nSPS) is 0. The summed E-state index contributed by atoms with van der Waals surface area (Å²) in [7, 11) is 0. The van der Waals surface area contributed by atoms with E-state index in [1.54, 1.807) is 0 Å². The van der Waals surface area contributed by atoms with Gasteiger partial charge in [-0.3, -0.25) is 0 Å². The van der Waals surface area contributed by atoms with Crippen LogP contribution in [-0.4, -0.2) is 52.9 Å². The Bertz CT molecular complexity index is 8.00. The molecule has 0 saturated carbocycles.